The van der Waals surface area contributed by atoms with Crippen LogP contribution in [0.5, 0.6) is 0 Å². The highest BCUT2D eigenvalue weighted by Crippen LogP contribution is 2.13. The summed E-state index contributed by atoms with van der Waals surface area (Å²) in [7, 11) is 0. The van der Waals surface area contributed by atoms with Gasteiger partial charge in [-0.15, -0.1) is 0 Å². The van der Waals surface area contributed by atoms with Crippen LogP contribution in [0.1, 0.15) is 10.4 Å². The number of rotatable bonds is 3. The molecule has 1 aliphatic rings. The van der Waals surface area contributed by atoms with Crippen LogP contribution >= 0.6 is 0 Å². The van der Waals surface area contributed by atoms with Gasteiger partial charge in [0.05, 0.1) is 12.2 Å². The smallest absolute Gasteiger partial charge is 0.256 e. The molecular weight excluding hydrogens is 254 g/mol. The van der Waals surface area contributed by atoms with Crippen LogP contribution in [0.25, 0.3) is 0 Å². The van der Waals surface area contributed by atoms with E-state index in [0.717, 1.165) is 12.1 Å². The van der Waals surface area contributed by atoms with Crippen molar-refractivity contribution in [1.82, 2.24) is 9.80 Å². The number of carbonyl (C=O) groups is 1. The highest BCUT2D eigenvalue weighted by molar-refractivity contribution is 5.94. The van der Waals surface area contributed by atoms with Crippen LogP contribution in [0.4, 0.5) is 8.78 Å². The number of nitrogens with zero attached hydrogens (tertiary/aromatic N) is 2. The molecule has 0 atom stereocenters. The molecule has 2 rings (SSSR count). The minimum atomic E-state index is -0.831. The van der Waals surface area contributed by atoms with Gasteiger partial charge >= 0.3 is 0 Å². The summed E-state index contributed by atoms with van der Waals surface area (Å²) in [6, 6.07) is 2.97. The highest BCUT2D eigenvalue weighted by Gasteiger charge is 2.23. The third-order valence-corrected chi connectivity index (χ3v) is 3.24. The molecule has 0 spiro atoms. The first-order valence-corrected chi connectivity index (χ1v) is 6.19. The molecule has 0 aliphatic carbocycles. The summed E-state index contributed by atoms with van der Waals surface area (Å²) in [5, 5.41) is 8.83. The molecule has 1 aliphatic heterocycles. The Bertz CT molecular complexity index is 460. The number of benzene rings is 1. The Labute approximate surface area is 110 Å². The predicted octanol–water partition coefficient (Wildman–Crippen LogP) is 0.715. The first kappa shape index (κ1) is 13.9. The average molecular weight is 270 g/mol. The van der Waals surface area contributed by atoms with Gasteiger partial charge in [0, 0.05) is 38.8 Å². The van der Waals surface area contributed by atoms with Gasteiger partial charge in [-0.1, -0.05) is 0 Å². The highest BCUT2D eigenvalue weighted by atomic mass is 19.1. The van der Waals surface area contributed by atoms with E-state index < -0.39 is 17.5 Å². The zero-order chi connectivity index (χ0) is 13.8. The Hall–Kier alpha value is -1.53. The second-order valence-electron chi connectivity index (χ2n) is 4.48. The number of piperazine rings is 1. The molecule has 104 valence electrons. The second kappa shape index (κ2) is 6.08. The Balaban J connectivity index is 2.01. The maximum atomic E-state index is 13.5. The molecule has 19 heavy (non-hydrogen) atoms. The van der Waals surface area contributed by atoms with Crippen LogP contribution < -0.4 is 0 Å². The molecule has 1 saturated heterocycles. The van der Waals surface area contributed by atoms with E-state index in [-0.39, 0.29) is 12.2 Å². The molecule has 1 N–H and O–H groups in total. The van der Waals surface area contributed by atoms with Gasteiger partial charge in [-0.2, -0.15) is 0 Å². The van der Waals surface area contributed by atoms with E-state index in [1.165, 1.54) is 6.07 Å². The summed E-state index contributed by atoms with van der Waals surface area (Å²) in [4.78, 5) is 15.7. The fourth-order valence-corrected chi connectivity index (χ4v) is 2.15. The van der Waals surface area contributed by atoms with Crippen LogP contribution in [0.15, 0.2) is 18.2 Å². The molecule has 0 radical (unpaired) electrons. The van der Waals surface area contributed by atoms with Crippen molar-refractivity contribution in [3.05, 3.63) is 35.4 Å². The van der Waals surface area contributed by atoms with Crippen LogP contribution in [-0.4, -0.2) is 60.1 Å². The fraction of sp³-hybridized carbons (Fsp3) is 0.462. The van der Waals surface area contributed by atoms with Crippen LogP contribution in [0.2, 0.25) is 0 Å². The Morgan fingerprint density at radius 2 is 1.89 bits per heavy atom. The lowest BCUT2D eigenvalue weighted by atomic mass is 10.1. The lowest BCUT2D eigenvalue weighted by Crippen LogP contribution is -2.49. The Kier molecular flexibility index (Phi) is 4.44. The minimum Gasteiger partial charge on any atom is -0.395 e. The van der Waals surface area contributed by atoms with Gasteiger partial charge in [0.25, 0.3) is 5.91 Å². The summed E-state index contributed by atoms with van der Waals surface area (Å²) in [6.45, 7) is 2.92. The summed E-state index contributed by atoms with van der Waals surface area (Å²) in [5.74, 6) is -1.94. The molecule has 4 nitrogen and oxygen atoms in total. The van der Waals surface area contributed by atoms with Crippen molar-refractivity contribution >= 4 is 5.91 Å². The van der Waals surface area contributed by atoms with Gasteiger partial charge in [-0.25, -0.2) is 8.78 Å². The van der Waals surface area contributed by atoms with Gasteiger partial charge in [-0.05, 0) is 12.1 Å². The molecule has 1 amide bonds. The Morgan fingerprint density at radius 3 is 2.47 bits per heavy atom. The van der Waals surface area contributed by atoms with Crippen molar-refractivity contribution in [2.45, 2.75) is 0 Å². The van der Waals surface area contributed by atoms with Crippen molar-refractivity contribution in [1.29, 1.82) is 0 Å². The topological polar surface area (TPSA) is 43.8 Å². The monoisotopic (exact) mass is 270 g/mol. The lowest BCUT2D eigenvalue weighted by molar-refractivity contribution is 0.0610. The van der Waals surface area contributed by atoms with Gasteiger partial charge < -0.3 is 10.0 Å². The number of amides is 1. The molecule has 1 heterocycles. The largest absolute Gasteiger partial charge is 0.395 e. The molecule has 1 aromatic carbocycles. The lowest BCUT2D eigenvalue weighted by Gasteiger charge is -2.34. The van der Waals surface area contributed by atoms with Gasteiger partial charge in [0.2, 0.25) is 0 Å². The molecule has 0 aromatic heterocycles. The van der Waals surface area contributed by atoms with E-state index in [1.807, 2.05) is 4.90 Å². The Morgan fingerprint density at radius 1 is 1.21 bits per heavy atom. The average Bonchev–Trinajstić information content (AvgIpc) is 2.39. The first-order chi connectivity index (χ1) is 9.11. The van der Waals surface area contributed by atoms with Gasteiger partial charge in [0.15, 0.2) is 0 Å². The third kappa shape index (κ3) is 3.27. The van der Waals surface area contributed by atoms with E-state index in [2.05, 4.69) is 0 Å². The summed E-state index contributed by atoms with van der Waals surface area (Å²) in [5.41, 5.74) is -0.1000. The maximum Gasteiger partial charge on any atom is 0.256 e. The third-order valence-electron chi connectivity index (χ3n) is 3.24. The molecule has 1 fully saturated rings. The van der Waals surface area contributed by atoms with Crippen molar-refractivity contribution < 1.29 is 18.7 Å². The van der Waals surface area contributed by atoms with Crippen LogP contribution in [0, 0.1) is 11.6 Å². The molecule has 0 saturated carbocycles. The van der Waals surface area contributed by atoms with E-state index in [0.29, 0.717) is 32.7 Å². The normalized spacial score (nSPS) is 16.7. The zero-order valence-electron chi connectivity index (χ0n) is 10.5. The minimum absolute atomic E-state index is 0.0839. The standard InChI is InChI=1S/C13H16F2N2O2/c14-10-1-2-11(12(15)9-10)13(19)17-5-3-16(4-6-17)7-8-18/h1-2,9,18H,3-8H2. The number of aliphatic hydroxyl groups is 1. The van der Waals surface area contributed by atoms with Crippen molar-refractivity contribution in [2.75, 3.05) is 39.3 Å². The zero-order valence-corrected chi connectivity index (χ0v) is 10.5. The number of carbonyl (C=O) groups excluding carboxylic acids is 1. The number of halogens is 2. The predicted molar refractivity (Wildman–Crippen MR) is 65.8 cm³/mol. The van der Waals surface area contributed by atoms with Crippen molar-refractivity contribution in [3.8, 4) is 0 Å². The van der Waals surface area contributed by atoms with Crippen molar-refractivity contribution in [2.24, 2.45) is 0 Å². The first-order valence-electron chi connectivity index (χ1n) is 6.19. The van der Waals surface area contributed by atoms with Crippen LogP contribution in [-0.2, 0) is 0 Å². The van der Waals surface area contributed by atoms with E-state index in [4.69, 9.17) is 5.11 Å². The van der Waals surface area contributed by atoms with Crippen molar-refractivity contribution in [3.63, 3.8) is 0 Å². The number of hydrogen-bond acceptors (Lipinski definition) is 3. The second-order valence-corrected chi connectivity index (χ2v) is 4.48. The molecular formula is C13H16F2N2O2. The van der Waals surface area contributed by atoms with Crippen LogP contribution in [0.3, 0.4) is 0 Å². The summed E-state index contributed by atoms with van der Waals surface area (Å²) < 4.78 is 26.3. The maximum absolute atomic E-state index is 13.5. The number of hydrogen-bond donors (Lipinski definition) is 1. The summed E-state index contributed by atoms with van der Waals surface area (Å²) in [6.07, 6.45) is 0. The number of aliphatic hydroxyl groups excluding tert-OH is 1. The molecule has 1 aromatic rings. The SMILES string of the molecule is O=C(c1ccc(F)cc1F)N1CCN(CCO)CC1. The van der Waals surface area contributed by atoms with Gasteiger partial charge in [-0.3, -0.25) is 9.69 Å². The van der Waals surface area contributed by atoms with E-state index in [9.17, 15) is 13.6 Å². The van der Waals surface area contributed by atoms with Gasteiger partial charge in [0.1, 0.15) is 11.6 Å². The summed E-state index contributed by atoms with van der Waals surface area (Å²) >= 11 is 0. The molecule has 6 heteroatoms. The molecule has 0 unspecified atom stereocenters. The molecule has 0 bridgehead atoms. The van der Waals surface area contributed by atoms with E-state index >= 15 is 0 Å². The number of β-amino-alcohol motifs (C(OH)–C–C–N with tert-alkyl or cyclic N) is 1. The quantitative estimate of drug-likeness (QED) is 0.880. The van der Waals surface area contributed by atoms with E-state index in [1.54, 1.807) is 4.90 Å². The fourth-order valence-electron chi connectivity index (χ4n) is 2.15.